The van der Waals surface area contributed by atoms with Gasteiger partial charge in [0.1, 0.15) is 6.54 Å². The van der Waals surface area contributed by atoms with Crippen molar-refractivity contribution in [1.29, 1.82) is 0 Å². The largest absolute Gasteiger partial charge is 0.465 e. The van der Waals surface area contributed by atoms with E-state index in [0.717, 1.165) is 22.4 Å². The molecule has 2 heterocycles. The molecule has 2 aromatic heterocycles. The molecule has 4 aromatic rings. The van der Waals surface area contributed by atoms with Crippen molar-refractivity contribution in [3.05, 3.63) is 60.2 Å². The maximum absolute atomic E-state index is 12.1. The van der Waals surface area contributed by atoms with Crippen LogP contribution in [0.4, 0.5) is 0 Å². The normalized spacial score (nSPS) is 11.1. The highest BCUT2D eigenvalue weighted by Gasteiger charge is 2.18. The van der Waals surface area contributed by atoms with Crippen LogP contribution in [0.2, 0.25) is 0 Å². The Morgan fingerprint density at radius 1 is 1.03 bits per heavy atom. The Morgan fingerprint density at radius 2 is 1.77 bits per heavy atom. The van der Waals surface area contributed by atoms with E-state index in [1.54, 1.807) is 6.92 Å². The zero-order chi connectivity index (χ0) is 20.9. The van der Waals surface area contributed by atoms with Gasteiger partial charge >= 0.3 is 5.97 Å². The third-order valence-electron chi connectivity index (χ3n) is 4.52. The molecule has 0 saturated carbocycles. The van der Waals surface area contributed by atoms with Crippen LogP contribution in [0.3, 0.4) is 0 Å². The summed E-state index contributed by atoms with van der Waals surface area (Å²) in [6, 6.07) is 18.2. The first kappa shape index (κ1) is 20.0. The van der Waals surface area contributed by atoms with Crippen LogP contribution in [0, 0.1) is 0 Å². The quantitative estimate of drug-likeness (QED) is 0.346. The molecule has 0 unspecified atom stereocenters. The van der Waals surface area contributed by atoms with Gasteiger partial charge in [-0.25, -0.2) is 0 Å². The van der Waals surface area contributed by atoms with Crippen LogP contribution in [0.5, 0.6) is 0 Å². The Morgan fingerprint density at radius 3 is 2.53 bits per heavy atom. The van der Waals surface area contributed by atoms with Gasteiger partial charge in [0.25, 0.3) is 0 Å². The van der Waals surface area contributed by atoms with Crippen LogP contribution in [0.1, 0.15) is 12.5 Å². The van der Waals surface area contributed by atoms with Gasteiger partial charge in [-0.15, -0.1) is 10.2 Å². The maximum Gasteiger partial charge on any atom is 0.325 e. The average Bonchev–Trinajstić information content (AvgIpc) is 3.31. The van der Waals surface area contributed by atoms with Gasteiger partial charge in [0.05, 0.1) is 29.9 Å². The Bertz CT molecular complexity index is 1190. The van der Waals surface area contributed by atoms with Crippen molar-refractivity contribution in [2.45, 2.75) is 18.6 Å². The van der Waals surface area contributed by atoms with Gasteiger partial charge in [0.15, 0.2) is 5.16 Å². The van der Waals surface area contributed by atoms with Crippen molar-refractivity contribution in [1.82, 2.24) is 24.5 Å². The van der Waals surface area contributed by atoms with E-state index in [1.165, 1.54) is 11.8 Å². The smallest absolute Gasteiger partial charge is 0.325 e. The van der Waals surface area contributed by atoms with Crippen molar-refractivity contribution < 1.29 is 14.3 Å². The van der Waals surface area contributed by atoms with Crippen LogP contribution < -0.4 is 5.32 Å². The van der Waals surface area contributed by atoms with E-state index in [4.69, 9.17) is 4.74 Å². The van der Waals surface area contributed by atoms with E-state index in [1.807, 2.05) is 46.9 Å². The molecule has 154 valence electrons. The van der Waals surface area contributed by atoms with Crippen molar-refractivity contribution in [3.63, 3.8) is 0 Å². The third kappa shape index (κ3) is 4.16. The SMILES string of the molecule is CCOC(=O)CNC(=O)CSc1nnc2n(Cc3ccccc3)c3ccccc3n12. The Labute approximate surface area is 177 Å². The highest BCUT2D eigenvalue weighted by Crippen LogP contribution is 2.26. The lowest BCUT2D eigenvalue weighted by atomic mass is 10.2. The molecule has 0 atom stereocenters. The summed E-state index contributed by atoms with van der Waals surface area (Å²) in [7, 11) is 0. The summed E-state index contributed by atoms with van der Waals surface area (Å²) in [4.78, 5) is 23.5. The van der Waals surface area contributed by atoms with E-state index < -0.39 is 5.97 Å². The number of hydrogen-bond donors (Lipinski definition) is 1. The minimum atomic E-state index is -0.454. The number of ether oxygens (including phenoxy) is 1. The Kier molecular flexibility index (Phi) is 5.99. The molecule has 0 spiro atoms. The molecule has 0 radical (unpaired) electrons. The number of carbonyl (C=O) groups excluding carboxylic acids is 2. The molecule has 0 aliphatic carbocycles. The summed E-state index contributed by atoms with van der Waals surface area (Å²) in [5, 5.41) is 11.8. The fourth-order valence-electron chi connectivity index (χ4n) is 3.22. The number of hydrogen-bond acceptors (Lipinski definition) is 6. The van der Waals surface area contributed by atoms with Gasteiger partial charge in [0, 0.05) is 0 Å². The van der Waals surface area contributed by atoms with E-state index in [2.05, 4.69) is 32.2 Å². The molecule has 1 amide bonds. The monoisotopic (exact) mass is 423 g/mol. The Hall–Kier alpha value is -3.33. The first-order valence-corrected chi connectivity index (χ1v) is 10.6. The number of aromatic nitrogens is 4. The number of fused-ring (bicyclic) bond motifs is 3. The fourth-order valence-corrected chi connectivity index (χ4v) is 3.99. The molecule has 0 aliphatic rings. The second-order valence-corrected chi connectivity index (χ2v) is 7.49. The first-order chi connectivity index (χ1) is 14.7. The van der Waals surface area contributed by atoms with E-state index in [-0.39, 0.29) is 24.8 Å². The molecule has 30 heavy (non-hydrogen) atoms. The molecule has 0 bridgehead atoms. The number of esters is 1. The van der Waals surface area contributed by atoms with Gasteiger partial charge in [-0.2, -0.15) is 0 Å². The number of benzene rings is 2. The van der Waals surface area contributed by atoms with Crippen LogP contribution >= 0.6 is 11.8 Å². The van der Waals surface area contributed by atoms with E-state index in [0.29, 0.717) is 11.7 Å². The predicted molar refractivity (Wildman–Crippen MR) is 114 cm³/mol. The second kappa shape index (κ2) is 9.00. The van der Waals surface area contributed by atoms with Crippen LogP contribution in [-0.2, 0) is 20.9 Å². The summed E-state index contributed by atoms with van der Waals surface area (Å²) < 4.78 is 8.88. The summed E-state index contributed by atoms with van der Waals surface area (Å²) in [5.41, 5.74) is 3.18. The number of amides is 1. The topological polar surface area (TPSA) is 90.5 Å². The summed E-state index contributed by atoms with van der Waals surface area (Å²) >= 11 is 1.28. The van der Waals surface area contributed by atoms with Crippen LogP contribution in [0.15, 0.2) is 59.8 Å². The van der Waals surface area contributed by atoms with Gasteiger partial charge in [-0.3, -0.25) is 14.0 Å². The molecular weight excluding hydrogens is 402 g/mol. The van der Waals surface area contributed by atoms with Gasteiger partial charge in [-0.1, -0.05) is 54.2 Å². The molecule has 2 aromatic carbocycles. The first-order valence-electron chi connectivity index (χ1n) is 9.58. The molecule has 0 aliphatic heterocycles. The van der Waals surface area contributed by atoms with Crippen molar-refractivity contribution in [2.24, 2.45) is 0 Å². The number of carbonyl (C=O) groups is 2. The van der Waals surface area contributed by atoms with Crippen molar-refractivity contribution in [2.75, 3.05) is 18.9 Å². The zero-order valence-corrected chi connectivity index (χ0v) is 17.3. The van der Waals surface area contributed by atoms with E-state index >= 15 is 0 Å². The summed E-state index contributed by atoms with van der Waals surface area (Å²) in [6.45, 7) is 2.54. The number of imidazole rings is 1. The minimum Gasteiger partial charge on any atom is -0.465 e. The molecule has 0 fully saturated rings. The number of nitrogens with zero attached hydrogens (tertiary/aromatic N) is 4. The number of nitrogens with one attached hydrogen (secondary N) is 1. The number of thioether (sulfide) groups is 1. The van der Waals surface area contributed by atoms with Gasteiger partial charge in [-0.05, 0) is 24.6 Å². The fraction of sp³-hybridized carbons (Fsp3) is 0.238. The zero-order valence-electron chi connectivity index (χ0n) is 16.4. The standard InChI is InChI=1S/C21H21N5O3S/c1-2-29-19(28)12-22-18(27)14-30-21-24-23-20-25(13-15-8-4-3-5-9-15)16-10-6-7-11-17(16)26(20)21/h3-11H,2,12-14H2,1H3,(H,22,27). The maximum atomic E-state index is 12.1. The summed E-state index contributed by atoms with van der Waals surface area (Å²) in [5.74, 6) is 0.121. The second-order valence-electron chi connectivity index (χ2n) is 6.55. The van der Waals surface area contributed by atoms with Crippen LogP contribution in [-0.4, -0.2) is 49.9 Å². The predicted octanol–water partition coefficient (Wildman–Crippen LogP) is 2.50. The molecule has 0 saturated heterocycles. The summed E-state index contributed by atoms with van der Waals surface area (Å²) in [6.07, 6.45) is 0. The lowest BCUT2D eigenvalue weighted by molar-refractivity contribution is -0.143. The van der Waals surface area contributed by atoms with Gasteiger partial charge in [0.2, 0.25) is 11.7 Å². The highest BCUT2D eigenvalue weighted by molar-refractivity contribution is 7.99. The van der Waals surface area contributed by atoms with Crippen molar-refractivity contribution >= 4 is 40.4 Å². The number of rotatable bonds is 8. The lowest BCUT2D eigenvalue weighted by Gasteiger charge is -2.04. The highest BCUT2D eigenvalue weighted by atomic mass is 32.2. The van der Waals surface area contributed by atoms with Gasteiger partial charge < -0.3 is 14.6 Å². The molecule has 4 rings (SSSR count). The molecule has 1 N–H and O–H groups in total. The lowest BCUT2D eigenvalue weighted by Crippen LogP contribution is -2.31. The Balaban J connectivity index is 1.56. The number of para-hydroxylation sites is 2. The molecular formula is C21H21N5O3S. The van der Waals surface area contributed by atoms with Crippen LogP contribution in [0.25, 0.3) is 16.8 Å². The van der Waals surface area contributed by atoms with Crippen molar-refractivity contribution in [3.8, 4) is 0 Å². The van der Waals surface area contributed by atoms with E-state index in [9.17, 15) is 9.59 Å². The molecule has 9 heteroatoms. The molecule has 8 nitrogen and oxygen atoms in total. The third-order valence-corrected chi connectivity index (χ3v) is 5.45. The average molecular weight is 423 g/mol. The minimum absolute atomic E-state index is 0.123.